The van der Waals surface area contributed by atoms with Gasteiger partial charge in [-0.2, -0.15) is 0 Å². The van der Waals surface area contributed by atoms with Crippen LogP contribution in [0.3, 0.4) is 0 Å². The van der Waals surface area contributed by atoms with Crippen molar-refractivity contribution in [1.82, 2.24) is 9.80 Å². The van der Waals surface area contributed by atoms with Crippen molar-refractivity contribution in [1.29, 1.82) is 0 Å². The fraction of sp³-hybridized carbons (Fsp3) is 0.348. The van der Waals surface area contributed by atoms with Gasteiger partial charge in [-0.3, -0.25) is 9.69 Å². The first-order valence-corrected chi connectivity index (χ1v) is 9.74. The highest BCUT2D eigenvalue weighted by molar-refractivity contribution is 5.91. The Morgan fingerprint density at radius 1 is 1.07 bits per heavy atom. The maximum absolute atomic E-state index is 12.8. The SMILES string of the molecule is C=CCc1ccccc1OCc1ccc(C(=O)N2CCCN(CC=C)CC2)o1. The number of benzene rings is 1. The van der Waals surface area contributed by atoms with Crippen molar-refractivity contribution >= 4 is 5.91 Å². The predicted molar refractivity (Wildman–Crippen MR) is 111 cm³/mol. The quantitative estimate of drug-likeness (QED) is 0.651. The molecule has 3 rings (SSSR count). The van der Waals surface area contributed by atoms with E-state index < -0.39 is 0 Å². The molecule has 0 saturated carbocycles. The summed E-state index contributed by atoms with van der Waals surface area (Å²) in [5, 5.41) is 0. The minimum Gasteiger partial charge on any atom is -0.485 e. The summed E-state index contributed by atoms with van der Waals surface area (Å²) in [5.74, 6) is 1.76. The van der Waals surface area contributed by atoms with Crippen LogP contribution in [0.2, 0.25) is 0 Å². The first-order valence-electron chi connectivity index (χ1n) is 9.74. The van der Waals surface area contributed by atoms with Crippen molar-refractivity contribution in [3.8, 4) is 5.75 Å². The second-order valence-corrected chi connectivity index (χ2v) is 6.89. The molecular formula is C23H28N2O3. The topological polar surface area (TPSA) is 45.9 Å². The number of rotatable bonds is 8. The van der Waals surface area contributed by atoms with Crippen molar-refractivity contribution in [3.63, 3.8) is 0 Å². The number of carbonyl (C=O) groups is 1. The zero-order chi connectivity index (χ0) is 19.8. The molecule has 0 spiro atoms. The van der Waals surface area contributed by atoms with Crippen LogP contribution in [0.25, 0.3) is 0 Å². The van der Waals surface area contributed by atoms with Crippen LogP contribution in [0, 0.1) is 0 Å². The molecule has 1 saturated heterocycles. The number of amides is 1. The van der Waals surface area contributed by atoms with Gasteiger partial charge in [0, 0.05) is 32.7 Å². The molecule has 0 N–H and O–H groups in total. The van der Waals surface area contributed by atoms with Crippen molar-refractivity contribution in [2.24, 2.45) is 0 Å². The van der Waals surface area contributed by atoms with E-state index in [0.29, 0.717) is 18.1 Å². The largest absolute Gasteiger partial charge is 0.485 e. The summed E-state index contributed by atoms with van der Waals surface area (Å²) in [6.45, 7) is 12.0. The molecular weight excluding hydrogens is 352 g/mol. The van der Waals surface area contributed by atoms with E-state index in [0.717, 1.165) is 50.3 Å². The lowest BCUT2D eigenvalue weighted by molar-refractivity contribution is 0.0726. The molecule has 5 nitrogen and oxygen atoms in total. The van der Waals surface area contributed by atoms with E-state index in [1.807, 2.05) is 47.4 Å². The van der Waals surface area contributed by atoms with Crippen molar-refractivity contribution in [2.45, 2.75) is 19.4 Å². The number of para-hydroxylation sites is 1. The Labute approximate surface area is 166 Å². The third-order valence-corrected chi connectivity index (χ3v) is 4.84. The number of carbonyl (C=O) groups excluding carboxylic acids is 1. The van der Waals surface area contributed by atoms with E-state index in [1.165, 1.54) is 0 Å². The number of nitrogens with zero attached hydrogens (tertiary/aromatic N) is 2. The second-order valence-electron chi connectivity index (χ2n) is 6.89. The second kappa shape index (κ2) is 9.95. The average molecular weight is 380 g/mol. The summed E-state index contributed by atoms with van der Waals surface area (Å²) in [6, 6.07) is 11.4. The lowest BCUT2D eigenvalue weighted by Crippen LogP contribution is -2.35. The maximum Gasteiger partial charge on any atom is 0.289 e. The van der Waals surface area contributed by atoms with Gasteiger partial charge in [-0.05, 0) is 36.6 Å². The van der Waals surface area contributed by atoms with E-state index in [2.05, 4.69) is 18.1 Å². The maximum atomic E-state index is 12.8. The van der Waals surface area contributed by atoms with Gasteiger partial charge in [0.1, 0.15) is 18.1 Å². The molecule has 2 heterocycles. The first-order chi connectivity index (χ1) is 13.7. The van der Waals surface area contributed by atoms with E-state index in [1.54, 1.807) is 6.07 Å². The molecule has 0 bridgehead atoms. The Morgan fingerprint density at radius 2 is 1.93 bits per heavy atom. The van der Waals surface area contributed by atoms with Crippen LogP contribution in [0.5, 0.6) is 5.75 Å². The van der Waals surface area contributed by atoms with E-state index in [9.17, 15) is 4.79 Å². The van der Waals surface area contributed by atoms with Crippen molar-refractivity contribution < 1.29 is 13.9 Å². The minimum atomic E-state index is -0.0567. The molecule has 1 aromatic heterocycles. The molecule has 1 fully saturated rings. The minimum absolute atomic E-state index is 0.0567. The standard InChI is InChI=1S/C23H28N2O3/c1-3-8-19-9-5-6-10-21(19)27-18-20-11-12-22(28-20)23(26)25-15-7-14-24(13-4-2)16-17-25/h3-6,9-12H,1-2,7-8,13-18H2. The van der Waals surface area contributed by atoms with E-state index in [-0.39, 0.29) is 12.5 Å². The zero-order valence-electron chi connectivity index (χ0n) is 16.3. The summed E-state index contributed by atoms with van der Waals surface area (Å²) in [5.41, 5.74) is 1.08. The molecule has 5 heteroatoms. The van der Waals surface area contributed by atoms with E-state index in [4.69, 9.17) is 9.15 Å². The van der Waals surface area contributed by atoms with E-state index >= 15 is 0 Å². The monoisotopic (exact) mass is 380 g/mol. The Bertz CT molecular complexity index is 812. The van der Waals surface area contributed by atoms with Gasteiger partial charge in [0.25, 0.3) is 5.91 Å². The van der Waals surface area contributed by atoms with Crippen LogP contribution in [-0.2, 0) is 13.0 Å². The lowest BCUT2D eigenvalue weighted by Gasteiger charge is -2.20. The summed E-state index contributed by atoms with van der Waals surface area (Å²) in [4.78, 5) is 17.0. The first kappa shape index (κ1) is 20.0. The number of hydrogen-bond donors (Lipinski definition) is 0. The molecule has 0 unspecified atom stereocenters. The molecule has 1 amide bonds. The molecule has 28 heavy (non-hydrogen) atoms. The molecule has 1 aliphatic heterocycles. The van der Waals surface area contributed by atoms with Crippen LogP contribution < -0.4 is 4.74 Å². The summed E-state index contributed by atoms with van der Waals surface area (Å²) >= 11 is 0. The van der Waals surface area contributed by atoms with Crippen LogP contribution >= 0.6 is 0 Å². The Hall–Kier alpha value is -2.79. The fourth-order valence-electron chi connectivity index (χ4n) is 3.38. The smallest absolute Gasteiger partial charge is 0.289 e. The van der Waals surface area contributed by atoms with Gasteiger partial charge in [0.2, 0.25) is 0 Å². The van der Waals surface area contributed by atoms with Gasteiger partial charge in [-0.15, -0.1) is 13.2 Å². The normalized spacial score (nSPS) is 15.1. The number of allylic oxidation sites excluding steroid dienone is 1. The predicted octanol–water partition coefficient (Wildman–Crippen LogP) is 3.92. The molecule has 0 radical (unpaired) electrons. The fourth-order valence-corrected chi connectivity index (χ4v) is 3.38. The molecule has 0 atom stereocenters. The Morgan fingerprint density at radius 3 is 2.75 bits per heavy atom. The zero-order valence-corrected chi connectivity index (χ0v) is 16.3. The van der Waals surface area contributed by atoms with Gasteiger partial charge >= 0.3 is 0 Å². The third kappa shape index (κ3) is 5.14. The number of furan rings is 1. The number of ether oxygens (including phenoxy) is 1. The molecule has 1 aromatic carbocycles. The third-order valence-electron chi connectivity index (χ3n) is 4.84. The van der Waals surface area contributed by atoms with Crippen LogP contribution in [0.4, 0.5) is 0 Å². The van der Waals surface area contributed by atoms with Gasteiger partial charge in [0.05, 0.1) is 0 Å². The highest BCUT2D eigenvalue weighted by Gasteiger charge is 2.22. The lowest BCUT2D eigenvalue weighted by atomic mass is 10.1. The molecule has 0 aliphatic carbocycles. The van der Waals surface area contributed by atoms with Gasteiger partial charge in [-0.1, -0.05) is 30.4 Å². The number of hydrogen-bond acceptors (Lipinski definition) is 4. The molecule has 148 valence electrons. The van der Waals surface area contributed by atoms with Crippen LogP contribution in [0.15, 0.2) is 66.1 Å². The van der Waals surface area contributed by atoms with Gasteiger partial charge in [-0.25, -0.2) is 0 Å². The van der Waals surface area contributed by atoms with Crippen LogP contribution in [-0.4, -0.2) is 48.4 Å². The highest BCUT2D eigenvalue weighted by atomic mass is 16.5. The summed E-state index contributed by atoms with van der Waals surface area (Å²) < 4.78 is 11.7. The van der Waals surface area contributed by atoms with Crippen LogP contribution in [0.1, 0.15) is 28.3 Å². The summed E-state index contributed by atoms with van der Waals surface area (Å²) in [6.07, 6.45) is 5.46. The molecule has 1 aliphatic rings. The summed E-state index contributed by atoms with van der Waals surface area (Å²) in [7, 11) is 0. The Kier molecular flexibility index (Phi) is 7.09. The van der Waals surface area contributed by atoms with Gasteiger partial charge in [0.15, 0.2) is 5.76 Å². The van der Waals surface area contributed by atoms with Crippen molar-refractivity contribution in [3.05, 3.63) is 78.8 Å². The molecule has 2 aromatic rings. The van der Waals surface area contributed by atoms with Crippen molar-refractivity contribution in [2.75, 3.05) is 32.7 Å². The van der Waals surface area contributed by atoms with Gasteiger partial charge < -0.3 is 14.1 Å². The Balaban J connectivity index is 1.58. The highest BCUT2D eigenvalue weighted by Crippen LogP contribution is 2.21. The average Bonchev–Trinajstić information content (AvgIpc) is 3.06.